The van der Waals surface area contributed by atoms with Crippen molar-refractivity contribution in [2.75, 3.05) is 0 Å². The predicted octanol–water partition coefficient (Wildman–Crippen LogP) is 3.84. The van der Waals surface area contributed by atoms with Crippen molar-refractivity contribution >= 4 is 17.8 Å². The van der Waals surface area contributed by atoms with Crippen LogP contribution >= 0.6 is 0 Å². The summed E-state index contributed by atoms with van der Waals surface area (Å²) in [5.74, 6) is -1.21. The van der Waals surface area contributed by atoms with Crippen molar-refractivity contribution < 1.29 is 19.1 Å². The number of ether oxygens (including phenoxy) is 1. The second-order valence-electron chi connectivity index (χ2n) is 7.38. The first-order valence-corrected chi connectivity index (χ1v) is 9.77. The Bertz CT molecular complexity index is 1030. The number of rotatable bonds is 4. The molecular weight excluding hydrogens is 368 g/mol. The molecule has 1 aliphatic heterocycles. The number of benzene rings is 2. The first kappa shape index (κ1) is 18.9. The second-order valence-corrected chi connectivity index (χ2v) is 7.38. The summed E-state index contributed by atoms with van der Waals surface area (Å²) in [6.45, 7) is -0.0409. The molecule has 1 aliphatic carbocycles. The Morgan fingerprint density at radius 2 is 1.76 bits per heavy atom. The molecule has 0 N–H and O–H groups in total. The van der Waals surface area contributed by atoms with E-state index < -0.39 is 5.97 Å². The van der Waals surface area contributed by atoms with Crippen LogP contribution in [0.15, 0.2) is 42.5 Å². The number of nitrogens with zero attached hydrogens (tertiary/aromatic N) is 2. The summed E-state index contributed by atoms with van der Waals surface area (Å²) in [6.07, 6.45) is 4.82. The predicted molar refractivity (Wildman–Crippen MR) is 104 cm³/mol. The fraction of sp³-hybridized carbons (Fsp3) is 0.304. The van der Waals surface area contributed by atoms with Gasteiger partial charge in [-0.1, -0.05) is 37.5 Å². The molecule has 2 aromatic rings. The van der Waals surface area contributed by atoms with E-state index in [-0.39, 0.29) is 35.6 Å². The molecule has 6 nitrogen and oxygen atoms in total. The quantitative estimate of drug-likeness (QED) is 0.586. The first-order chi connectivity index (χ1) is 14.1. The van der Waals surface area contributed by atoms with Crippen LogP contribution in [0.3, 0.4) is 0 Å². The molecule has 2 amide bonds. The van der Waals surface area contributed by atoms with Crippen LogP contribution in [0.4, 0.5) is 0 Å². The van der Waals surface area contributed by atoms with E-state index in [4.69, 9.17) is 10.00 Å². The fourth-order valence-electron chi connectivity index (χ4n) is 4.04. The van der Waals surface area contributed by atoms with Crippen molar-refractivity contribution in [1.29, 1.82) is 5.26 Å². The molecule has 2 aromatic carbocycles. The second kappa shape index (κ2) is 7.88. The van der Waals surface area contributed by atoms with Crippen LogP contribution in [-0.4, -0.2) is 28.7 Å². The van der Waals surface area contributed by atoms with E-state index in [9.17, 15) is 14.4 Å². The Balaban J connectivity index is 1.51. The van der Waals surface area contributed by atoms with Gasteiger partial charge in [0.25, 0.3) is 11.8 Å². The number of carbonyl (C=O) groups excluding carboxylic acids is 3. The van der Waals surface area contributed by atoms with Gasteiger partial charge in [0.05, 0.1) is 28.3 Å². The lowest BCUT2D eigenvalue weighted by Crippen LogP contribution is -2.40. The molecule has 0 spiro atoms. The van der Waals surface area contributed by atoms with Crippen molar-refractivity contribution in [2.45, 2.75) is 44.8 Å². The molecule has 0 atom stereocenters. The van der Waals surface area contributed by atoms with Gasteiger partial charge in [0.1, 0.15) is 6.61 Å². The smallest absolute Gasteiger partial charge is 0.338 e. The monoisotopic (exact) mass is 388 g/mol. The molecule has 0 saturated heterocycles. The lowest BCUT2D eigenvalue weighted by atomic mass is 9.94. The van der Waals surface area contributed by atoms with E-state index in [2.05, 4.69) is 6.07 Å². The van der Waals surface area contributed by atoms with Gasteiger partial charge in [-0.15, -0.1) is 0 Å². The van der Waals surface area contributed by atoms with E-state index in [0.717, 1.165) is 32.1 Å². The number of fused-ring (bicyclic) bond motifs is 1. The molecule has 0 aromatic heterocycles. The summed E-state index contributed by atoms with van der Waals surface area (Å²) in [4.78, 5) is 39.4. The minimum atomic E-state index is -0.600. The van der Waals surface area contributed by atoms with Crippen molar-refractivity contribution in [3.8, 4) is 6.07 Å². The summed E-state index contributed by atoms with van der Waals surface area (Å²) >= 11 is 0. The number of nitriles is 1. The average Bonchev–Trinajstić information content (AvgIpc) is 3.02. The number of carbonyl (C=O) groups is 3. The minimum absolute atomic E-state index is 0.0409. The largest absolute Gasteiger partial charge is 0.457 e. The Morgan fingerprint density at radius 1 is 1.03 bits per heavy atom. The zero-order valence-corrected chi connectivity index (χ0v) is 15.9. The van der Waals surface area contributed by atoms with Gasteiger partial charge in [-0.2, -0.15) is 5.26 Å². The van der Waals surface area contributed by atoms with Gasteiger partial charge < -0.3 is 4.74 Å². The Kier molecular flexibility index (Phi) is 5.13. The molecule has 1 saturated carbocycles. The number of hydrogen-bond acceptors (Lipinski definition) is 5. The molecule has 4 rings (SSSR count). The van der Waals surface area contributed by atoms with Gasteiger partial charge in [0, 0.05) is 11.6 Å². The van der Waals surface area contributed by atoms with Crippen molar-refractivity contribution in [2.24, 2.45) is 0 Å². The van der Waals surface area contributed by atoms with Crippen LogP contribution in [0.1, 0.15) is 74.3 Å². The average molecular weight is 388 g/mol. The summed E-state index contributed by atoms with van der Waals surface area (Å²) in [6, 6.07) is 13.4. The summed E-state index contributed by atoms with van der Waals surface area (Å²) in [5.41, 5.74) is 1.86. The highest BCUT2D eigenvalue weighted by molar-refractivity contribution is 6.22. The maximum absolute atomic E-state index is 12.9. The zero-order valence-electron chi connectivity index (χ0n) is 15.9. The third kappa shape index (κ3) is 3.52. The van der Waals surface area contributed by atoms with E-state index in [1.807, 2.05) is 0 Å². The highest BCUT2D eigenvalue weighted by Gasteiger charge is 2.40. The van der Waals surface area contributed by atoms with Gasteiger partial charge in [-0.3, -0.25) is 14.5 Å². The Hall–Kier alpha value is -3.46. The molecule has 0 bridgehead atoms. The van der Waals surface area contributed by atoms with Gasteiger partial charge >= 0.3 is 5.97 Å². The summed E-state index contributed by atoms with van der Waals surface area (Å²) in [7, 11) is 0. The maximum Gasteiger partial charge on any atom is 0.338 e. The third-order valence-electron chi connectivity index (χ3n) is 5.59. The van der Waals surface area contributed by atoms with Crippen molar-refractivity contribution in [1.82, 2.24) is 4.90 Å². The number of esters is 1. The minimum Gasteiger partial charge on any atom is -0.457 e. The SMILES string of the molecule is N#Cc1ccccc1COC(=O)c1ccc2c(c1)C(=O)N(C1CCCCC1)C2=O. The molecule has 1 heterocycles. The van der Waals surface area contributed by atoms with Crippen LogP contribution in [-0.2, 0) is 11.3 Å². The number of amides is 2. The number of hydrogen-bond donors (Lipinski definition) is 0. The Labute approximate surface area is 168 Å². The van der Waals surface area contributed by atoms with Crippen LogP contribution in [0.25, 0.3) is 0 Å². The van der Waals surface area contributed by atoms with Crippen molar-refractivity contribution in [3.05, 3.63) is 70.3 Å². The normalized spacial score (nSPS) is 16.4. The van der Waals surface area contributed by atoms with Gasteiger partial charge in [-0.05, 0) is 37.1 Å². The first-order valence-electron chi connectivity index (χ1n) is 9.77. The van der Waals surface area contributed by atoms with E-state index in [1.165, 1.54) is 23.1 Å². The molecule has 29 heavy (non-hydrogen) atoms. The van der Waals surface area contributed by atoms with Crippen LogP contribution in [0.2, 0.25) is 0 Å². The molecule has 2 aliphatic rings. The summed E-state index contributed by atoms with van der Waals surface area (Å²) < 4.78 is 5.32. The van der Waals surface area contributed by atoms with Gasteiger partial charge in [0.15, 0.2) is 0 Å². The van der Waals surface area contributed by atoms with Gasteiger partial charge in [-0.25, -0.2) is 4.79 Å². The molecule has 0 radical (unpaired) electrons. The molecule has 6 heteroatoms. The maximum atomic E-state index is 12.9. The highest BCUT2D eigenvalue weighted by atomic mass is 16.5. The van der Waals surface area contributed by atoms with E-state index in [1.54, 1.807) is 24.3 Å². The van der Waals surface area contributed by atoms with Gasteiger partial charge in [0.2, 0.25) is 0 Å². The zero-order chi connectivity index (χ0) is 20.4. The van der Waals surface area contributed by atoms with Crippen LogP contribution < -0.4 is 0 Å². The topological polar surface area (TPSA) is 87.5 Å². The fourth-order valence-corrected chi connectivity index (χ4v) is 4.04. The molecular formula is C23H20N2O4. The summed E-state index contributed by atoms with van der Waals surface area (Å²) in [5, 5.41) is 9.13. The molecule has 0 unspecified atom stereocenters. The lowest BCUT2D eigenvalue weighted by molar-refractivity contribution is 0.0471. The standard InChI is InChI=1S/C23H20N2O4/c24-13-16-6-4-5-7-17(16)14-29-23(28)15-10-11-19-20(12-15)22(27)25(21(19)26)18-8-2-1-3-9-18/h4-7,10-12,18H,1-3,8-9,14H2. The van der Waals surface area contributed by atoms with Crippen LogP contribution in [0.5, 0.6) is 0 Å². The lowest BCUT2D eigenvalue weighted by Gasteiger charge is -2.29. The Morgan fingerprint density at radius 3 is 2.52 bits per heavy atom. The third-order valence-corrected chi connectivity index (χ3v) is 5.59. The van der Waals surface area contributed by atoms with Crippen molar-refractivity contribution in [3.63, 3.8) is 0 Å². The van der Waals surface area contributed by atoms with E-state index >= 15 is 0 Å². The molecule has 146 valence electrons. The van der Waals surface area contributed by atoms with Crippen LogP contribution in [0, 0.1) is 11.3 Å². The van der Waals surface area contributed by atoms with E-state index in [0.29, 0.717) is 16.7 Å². The highest BCUT2D eigenvalue weighted by Crippen LogP contribution is 2.31. The molecule has 1 fully saturated rings. The number of imide groups is 1.